The molecular formula is C13H12BrN3O2S2. The molecule has 0 saturated carbocycles. The number of sulfonamides is 1. The van der Waals surface area contributed by atoms with Gasteiger partial charge in [-0.2, -0.15) is 0 Å². The van der Waals surface area contributed by atoms with Crippen LogP contribution in [0.4, 0.5) is 0 Å². The second-order valence-corrected chi connectivity index (χ2v) is 7.26. The Morgan fingerprint density at radius 2 is 1.95 bits per heavy atom. The van der Waals surface area contributed by atoms with Crippen molar-refractivity contribution in [1.29, 1.82) is 0 Å². The summed E-state index contributed by atoms with van der Waals surface area (Å²) in [5.74, 6) is 0. The van der Waals surface area contributed by atoms with E-state index < -0.39 is 10.0 Å². The molecule has 8 heteroatoms. The monoisotopic (exact) mass is 385 g/mol. The van der Waals surface area contributed by atoms with E-state index in [-0.39, 0.29) is 22.1 Å². The number of thiocarbonyl (C=S) groups is 1. The second-order valence-electron chi connectivity index (χ2n) is 4.17. The summed E-state index contributed by atoms with van der Waals surface area (Å²) in [6, 6.07) is 10.3. The molecule has 5 nitrogen and oxygen atoms in total. The van der Waals surface area contributed by atoms with Crippen LogP contribution in [0, 0.1) is 0 Å². The largest absolute Gasteiger partial charge is 0.388 e. The van der Waals surface area contributed by atoms with E-state index in [1.807, 2.05) is 24.3 Å². The van der Waals surface area contributed by atoms with Crippen molar-refractivity contribution in [2.75, 3.05) is 0 Å². The molecule has 1 aromatic carbocycles. The van der Waals surface area contributed by atoms with Gasteiger partial charge in [0.25, 0.3) is 0 Å². The van der Waals surface area contributed by atoms with Crippen molar-refractivity contribution in [3.8, 4) is 0 Å². The van der Waals surface area contributed by atoms with Crippen LogP contribution in [0.15, 0.2) is 52.0 Å². The van der Waals surface area contributed by atoms with Crippen LogP contribution in [0.2, 0.25) is 0 Å². The minimum absolute atomic E-state index is 0.0189. The maximum atomic E-state index is 12.3. The molecule has 21 heavy (non-hydrogen) atoms. The number of hydrogen-bond donors (Lipinski definition) is 2. The molecule has 2 aromatic rings. The van der Waals surface area contributed by atoms with Crippen LogP contribution in [0.5, 0.6) is 0 Å². The highest BCUT2D eigenvalue weighted by atomic mass is 79.9. The van der Waals surface area contributed by atoms with Gasteiger partial charge < -0.3 is 5.73 Å². The van der Waals surface area contributed by atoms with Gasteiger partial charge in [0.05, 0.1) is 0 Å². The molecule has 0 amide bonds. The van der Waals surface area contributed by atoms with Crippen molar-refractivity contribution < 1.29 is 8.42 Å². The third-order valence-corrected chi connectivity index (χ3v) is 4.83. The van der Waals surface area contributed by atoms with Gasteiger partial charge in [0.2, 0.25) is 10.0 Å². The lowest BCUT2D eigenvalue weighted by Crippen LogP contribution is -2.27. The fraction of sp³-hybridized carbons (Fsp3) is 0.0769. The predicted molar refractivity (Wildman–Crippen MR) is 88.3 cm³/mol. The SMILES string of the molecule is NC(=S)c1ncccc1S(=O)(=O)NCc1ccc(Br)cc1. The van der Waals surface area contributed by atoms with Crippen molar-refractivity contribution in [3.63, 3.8) is 0 Å². The van der Waals surface area contributed by atoms with Crippen LogP contribution in [-0.2, 0) is 16.6 Å². The van der Waals surface area contributed by atoms with Gasteiger partial charge in [-0.15, -0.1) is 0 Å². The van der Waals surface area contributed by atoms with Gasteiger partial charge in [0.1, 0.15) is 15.6 Å². The van der Waals surface area contributed by atoms with E-state index in [0.29, 0.717) is 0 Å². The molecule has 0 spiro atoms. The molecule has 0 unspecified atom stereocenters. The summed E-state index contributed by atoms with van der Waals surface area (Å²) in [5.41, 5.74) is 6.44. The van der Waals surface area contributed by atoms with E-state index in [2.05, 4.69) is 25.6 Å². The quantitative estimate of drug-likeness (QED) is 0.768. The molecule has 0 radical (unpaired) electrons. The van der Waals surface area contributed by atoms with Crippen molar-refractivity contribution in [1.82, 2.24) is 9.71 Å². The number of aromatic nitrogens is 1. The molecular weight excluding hydrogens is 374 g/mol. The van der Waals surface area contributed by atoms with Crippen LogP contribution < -0.4 is 10.5 Å². The Balaban J connectivity index is 2.23. The third kappa shape index (κ3) is 4.07. The third-order valence-electron chi connectivity index (χ3n) is 2.67. The number of nitrogens with one attached hydrogen (secondary N) is 1. The molecule has 0 aliphatic heterocycles. The van der Waals surface area contributed by atoms with Gasteiger partial charge in [0, 0.05) is 17.2 Å². The van der Waals surface area contributed by atoms with Crippen molar-refractivity contribution in [3.05, 3.63) is 58.3 Å². The van der Waals surface area contributed by atoms with Crippen molar-refractivity contribution in [2.45, 2.75) is 11.4 Å². The fourth-order valence-corrected chi connectivity index (χ4v) is 3.33. The maximum absolute atomic E-state index is 12.3. The summed E-state index contributed by atoms with van der Waals surface area (Å²) >= 11 is 8.15. The summed E-state index contributed by atoms with van der Waals surface area (Å²) in [6.45, 7) is 0.168. The average molecular weight is 386 g/mol. The summed E-state index contributed by atoms with van der Waals surface area (Å²) in [4.78, 5) is 3.84. The van der Waals surface area contributed by atoms with Crippen molar-refractivity contribution in [2.24, 2.45) is 5.73 Å². The number of pyridine rings is 1. The minimum Gasteiger partial charge on any atom is -0.388 e. The van der Waals surface area contributed by atoms with Crippen LogP contribution in [0.3, 0.4) is 0 Å². The summed E-state index contributed by atoms with van der Waals surface area (Å²) in [6.07, 6.45) is 1.45. The summed E-state index contributed by atoms with van der Waals surface area (Å²) in [5, 5.41) is 0. The molecule has 0 aliphatic carbocycles. The molecule has 0 fully saturated rings. The van der Waals surface area contributed by atoms with E-state index in [0.717, 1.165) is 10.0 Å². The molecule has 0 atom stereocenters. The van der Waals surface area contributed by atoms with E-state index in [4.69, 9.17) is 18.0 Å². The first-order valence-electron chi connectivity index (χ1n) is 5.89. The number of nitrogens with zero attached hydrogens (tertiary/aromatic N) is 1. The maximum Gasteiger partial charge on any atom is 0.243 e. The fourth-order valence-electron chi connectivity index (χ4n) is 1.65. The normalized spacial score (nSPS) is 11.3. The Morgan fingerprint density at radius 3 is 2.57 bits per heavy atom. The van der Waals surface area contributed by atoms with Crippen LogP contribution in [0.1, 0.15) is 11.3 Å². The summed E-state index contributed by atoms with van der Waals surface area (Å²) in [7, 11) is -3.74. The van der Waals surface area contributed by atoms with E-state index >= 15 is 0 Å². The number of halogens is 1. The van der Waals surface area contributed by atoms with E-state index in [1.165, 1.54) is 18.3 Å². The minimum atomic E-state index is -3.74. The molecule has 0 aliphatic rings. The average Bonchev–Trinajstić information content (AvgIpc) is 2.47. The standard InChI is InChI=1S/C13H12BrN3O2S2/c14-10-5-3-9(4-6-10)8-17-21(18,19)11-2-1-7-16-12(11)13(15)20/h1-7,17H,8H2,(H2,15,20). The van der Waals surface area contributed by atoms with Crippen molar-refractivity contribution >= 4 is 43.2 Å². The Labute approximate surface area is 136 Å². The number of rotatable bonds is 5. The first-order valence-corrected chi connectivity index (χ1v) is 8.57. The van der Waals surface area contributed by atoms with Crippen LogP contribution in [-0.4, -0.2) is 18.4 Å². The molecule has 2 rings (SSSR count). The van der Waals surface area contributed by atoms with Gasteiger partial charge in [-0.3, -0.25) is 4.98 Å². The van der Waals surface area contributed by atoms with Gasteiger partial charge in [-0.05, 0) is 29.8 Å². The molecule has 0 bridgehead atoms. The highest BCUT2D eigenvalue weighted by molar-refractivity contribution is 9.10. The number of hydrogen-bond acceptors (Lipinski definition) is 4. The predicted octanol–water partition coefficient (Wildman–Crippen LogP) is 1.96. The highest BCUT2D eigenvalue weighted by Gasteiger charge is 2.20. The first kappa shape index (κ1) is 16.0. The second kappa shape index (κ2) is 6.61. The lowest BCUT2D eigenvalue weighted by Gasteiger charge is -2.10. The van der Waals surface area contributed by atoms with E-state index in [1.54, 1.807) is 0 Å². The number of nitrogens with two attached hydrogens (primary N) is 1. The smallest absolute Gasteiger partial charge is 0.243 e. The van der Waals surface area contributed by atoms with Gasteiger partial charge in [0.15, 0.2) is 0 Å². The number of benzene rings is 1. The molecule has 1 aromatic heterocycles. The van der Waals surface area contributed by atoms with Crippen LogP contribution >= 0.6 is 28.1 Å². The Kier molecular flexibility index (Phi) is 5.04. The zero-order chi connectivity index (χ0) is 15.5. The van der Waals surface area contributed by atoms with Gasteiger partial charge in [-0.1, -0.05) is 40.3 Å². The highest BCUT2D eigenvalue weighted by Crippen LogP contribution is 2.14. The summed E-state index contributed by atoms with van der Waals surface area (Å²) < 4.78 is 28.1. The molecule has 0 saturated heterocycles. The zero-order valence-corrected chi connectivity index (χ0v) is 14.0. The Bertz CT molecular complexity index is 761. The van der Waals surface area contributed by atoms with Crippen LogP contribution in [0.25, 0.3) is 0 Å². The van der Waals surface area contributed by atoms with E-state index in [9.17, 15) is 8.42 Å². The molecule has 110 valence electrons. The zero-order valence-electron chi connectivity index (χ0n) is 10.8. The Morgan fingerprint density at radius 1 is 1.29 bits per heavy atom. The first-order chi connectivity index (χ1) is 9.90. The lowest BCUT2D eigenvalue weighted by molar-refractivity contribution is 0.580. The lowest BCUT2D eigenvalue weighted by atomic mass is 10.2. The van der Waals surface area contributed by atoms with Gasteiger partial charge >= 0.3 is 0 Å². The Hall–Kier alpha value is -1.35. The molecule has 1 heterocycles. The molecule has 3 N–H and O–H groups in total. The topological polar surface area (TPSA) is 85.1 Å². The van der Waals surface area contributed by atoms with Gasteiger partial charge in [-0.25, -0.2) is 13.1 Å².